The van der Waals surface area contributed by atoms with Crippen LogP contribution in [0.25, 0.3) is 16.8 Å². The molecule has 1 aromatic heterocycles. The largest absolute Gasteiger partial charge is 0.496 e. The molecule has 2 aliphatic rings. The summed E-state index contributed by atoms with van der Waals surface area (Å²) in [6, 6.07) is 2.33. The average molecular weight is 641 g/mol. The van der Waals surface area contributed by atoms with Crippen molar-refractivity contribution >= 4 is 40.7 Å². The van der Waals surface area contributed by atoms with Crippen LogP contribution in [0.5, 0.6) is 11.6 Å². The number of nitrogens with zero attached hydrogens (tertiary/aromatic N) is 2. The fourth-order valence-corrected chi connectivity index (χ4v) is 5.35. The fourth-order valence-electron chi connectivity index (χ4n) is 5.35. The van der Waals surface area contributed by atoms with Crippen molar-refractivity contribution in [3.8, 4) is 11.6 Å². The number of pyridine rings is 1. The number of alkyl carbamates (subject to hydrolysis) is 1. The Morgan fingerprint density at radius 3 is 2.50 bits per heavy atom. The first-order valence-electron chi connectivity index (χ1n) is 15.2. The van der Waals surface area contributed by atoms with E-state index in [1.54, 1.807) is 60.9 Å². The number of amides is 3. The predicted octanol–water partition coefficient (Wildman–Crippen LogP) is 3.23. The van der Waals surface area contributed by atoms with E-state index >= 15 is 0 Å². The summed E-state index contributed by atoms with van der Waals surface area (Å²) in [5.41, 5.74) is -0.878. The number of fused-ring (bicyclic) bond motifs is 3. The van der Waals surface area contributed by atoms with Gasteiger partial charge >= 0.3 is 12.1 Å². The van der Waals surface area contributed by atoms with E-state index < -0.39 is 59.1 Å². The molecule has 4 rings (SSSR count). The minimum Gasteiger partial charge on any atom is -0.496 e. The molecule has 0 aliphatic carbocycles. The van der Waals surface area contributed by atoms with Gasteiger partial charge in [-0.15, -0.1) is 0 Å². The number of hydrogen-bond acceptors (Lipinski definition) is 10. The Morgan fingerprint density at radius 1 is 1.11 bits per heavy atom. The van der Waals surface area contributed by atoms with Crippen LogP contribution in [0.15, 0.2) is 30.5 Å². The Hall–Kier alpha value is -4.39. The summed E-state index contributed by atoms with van der Waals surface area (Å²) < 4.78 is 28.2. The lowest BCUT2D eigenvalue weighted by molar-refractivity contribution is -0.153. The van der Waals surface area contributed by atoms with Crippen molar-refractivity contribution in [3.05, 3.63) is 36.0 Å². The van der Waals surface area contributed by atoms with E-state index in [9.17, 15) is 19.2 Å². The maximum absolute atomic E-state index is 14.2. The van der Waals surface area contributed by atoms with Crippen LogP contribution in [-0.2, 0) is 28.6 Å². The van der Waals surface area contributed by atoms with E-state index in [1.165, 1.54) is 12.0 Å². The summed E-state index contributed by atoms with van der Waals surface area (Å²) in [6.45, 7) is 10.4. The first-order valence-corrected chi connectivity index (χ1v) is 15.2. The molecule has 3 amide bonds. The summed E-state index contributed by atoms with van der Waals surface area (Å²) in [5, 5.41) is 6.91. The van der Waals surface area contributed by atoms with Gasteiger partial charge in [-0.2, -0.15) is 0 Å². The van der Waals surface area contributed by atoms with Gasteiger partial charge in [-0.3, -0.25) is 9.59 Å². The number of carbonyl (C=O) groups is 4. The second-order valence-corrected chi connectivity index (χ2v) is 13.4. The third-order valence-corrected chi connectivity index (χ3v) is 7.58. The Bertz CT molecular complexity index is 1490. The number of methoxy groups -OCH3 is 2. The number of hydrogen-bond donors (Lipinski definition) is 2. The topological polar surface area (TPSA) is 155 Å². The van der Waals surface area contributed by atoms with Crippen LogP contribution in [0.2, 0.25) is 0 Å². The number of nitrogens with one attached hydrogen (secondary N) is 2. The Morgan fingerprint density at radius 2 is 1.85 bits per heavy atom. The van der Waals surface area contributed by atoms with Gasteiger partial charge in [0.2, 0.25) is 17.7 Å². The molecular weight excluding hydrogens is 596 g/mol. The molecule has 2 N–H and O–H groups in total. The van der Waals surface area contributed by atoms with Crippen molar-refractivity contribution in [2.75, 3.05) is 34.0 Å². The van der Waals surface area contributed by atoms with Gasteiger partial charge in [-0.05, 0) is 49.8 Å². The molecule has 4 unspecified atom stereocenters. The van der Waals surface area contributed by atoms with E-state index in [2.05, 4.69) is 15.6 Å². The first kappa shape index (κ1) is 34.5. The molecule has 0 radical (unpaired) electrons. The summed E-state index contributed by atoms with van der Waals surface area (Å²) in [6.07, 6.45) is 3.92. The van der Waals surface area contributed by atoms with Crippen LogP contribution in [0.3, 0.4) is 0 Å². The highest BCUT2D eigenvalue weighted by Crippen LogP contribution is 2.34. The minimum absolute atomic E-state index is 0.0464. The lowest BCUT2D eigenvalue weighted by Crippen LogP contribution is -2.60. The van der Waals surface area contributed by atoms with Crippen molar-refractivity contribution in [3.63, 3.8) is 0 Å². The SMILES string of the molecule is COC(=O)C1CC2CN1C(=O)C(C(C)(C)C)NC(=O)C(NC(=O)OC(C)(C)C)COCC=Cc1cc3c(nccc3cc1OC)O2. The summed E-state index contributed by atoms with van der Waals surface area (Å²) >= 11 is 0. The Kier molecular flexibility index (Phi) is 10.4. The van der Waals surface area contributed by atoms with Crippen molar-refractivity contribution in [1.29, 1.82) is 0 Å². The van der Waals surface area contributed by atoms with Gasteiger partial charge in [-0.25, -0.2) is 14.6 Å². The third-order valence-electron chi connectivity index (χ3n) is 7.58. The molecule has 13 nitrogen and oxygen atoms in total. The molecule has 2 aromatic rings. The van der Waals surface area contributed by atoms with Crippen LogP contribution < -0.4 is 20.1 Å². The third kappa shape index (κ3) is 8.25. The van der Waals surface area contributed by atoms with Gasteiger partial charge < -0.3 is 39.2 Å². The number of benzene rings is 1. The zero-order chi connectivity index (χ0) is 33.8. The van der Waals surface area contributed by atoms with E-state index in [4.69, 9.17) is 23.7 Å². The second-order valence-electron chi connectivity index (χ2n) is 13.4. The highest BCUT2D eigenvalue weighted by molar-refractivity contribution is 5.94. The number of carbonyl (C=O) groups excluding carboxylic acids is 4. The van der Waals surface area contributed by atoms with E-state index in [-0.39, 0.29) is 26.2 Å². The van der Waals surface area contributed by atoms with Gasteiger partial charge in [0, 0.05) is 23.6 Å². The summed E-state index contributed by atoms with van der Waals surface area (Å²) in [4.78, 5) is 59.4. The second kappa shape index (κ2) is 13.9. The molecule has 0 spiro atoms. The molecular formula is C33H44N4O9. The van der Waals surface area contributed by atoms with Gasteiger partial charge in [0.05, 0.1) is 34.0 Å². The smallest absolute Gasteiger partial charge is 0.408 e. The maximum Gasteiger partial charge on any atom is 0.408 e. The quantitative estimate of drug-likeness (QED) is 0.478. The molecule has 46 heavy (non-hydrogen) atoms. The van der Waals surface area contributed by atoms with E-state index in [0.717, 1.165) is 10.9 Å². The number of esters is 1. The lowest BCUT2D eigenvalue weighted by Gasteiger charge is -2.35. The van der Waals surface area contributed by atoms with Crippen molar-refractivity contribution in [2.24, 2.45) is 5.41 Å². The van der Waals surface area contributed by atoms with Crippen molar-refractivity contribution in [1.82, 2.24) is 20.5 Å². The van der Waals surface area contributed by atoms with Gasteiger partial charge in [0.15, 0.2) is 0 Å². The first-order chi connectivity index (χ1) is 21.6. The van der Waals surface area contributed by atoms with E-state index in [1.807, 2.05) is 24.3 Å². The zero-order valence-electron chi connectivity index (χ0n) is 27.7. The molecule has 0 saturated carbocycles. The molecule has 4 bridgehead atoms. The van der Waals surface area contributed by atoms with Crippen LogP contribution >= 0.6 is 0 Å². The molecule has 1 saturated heterocycles. The van der Waals surface area contributed by atoms with Crippen LogP contribution in [0.1, 0.15) is 53.5 Å². The van der Waals surface area contributed by atoms with Crippen molar-refractivity contribution < 1.29 is 42.9 Å². The van der Waals surface area contributed by atoms with Crippen LogP contribution in [-0.4, -0.2) is 97.6 Å². The number of aromatic nitrogens is 1. The Labute approximate surface area is 268 Å². The monoisotopic (exact) mass is 640 g/mol. The predicted molar refractivity (Wildman–Crippen MR) is 169 cm³/mol. The number of rotatable bonds is 3. The minimum atomic E-state index is -1.20. The fraction of sp³-hybridized carbons (Fsp3) is 0.545. The standard InChI is InChI=1S/C33H44N4O9/c1-32(2,3)26-29(39)37-17-21(16-24(37)30(40)43-8)45-28-22-14-20(25(42-7)15-19(22)11-12-34-28)10-9-13-44-18-23(27(38)36-26)35-31(41)46-33(4,5)6/h9-12,14-15,21,23-24,26H,13,16-18H2,1-8H3,(H,35,41)(H,36,38). The molecule has 2 aliphatic heterocycles. The number of ether oxygens (including phenoxy) is 5. The Balaban J connectivity index is 1.77. The molecule has 3 heterocycles. The molecule has 1 fully saturated rings. The average Bonchev–Trinajstić information content (AvgIpc) is 3.40. The van der Waals surface area contributed by atoms with Crippen LogP contribution in [0, 0.1) is 5.41 Å². The highest BCUT2D eigenvalue weighted by Gasteiger charge is 2.47. The zero-order valence-corrected chi connectivity index (χ0v) is 27.7. The maximum atomic E-state index is 14.2. The van der Waals surface area contributed by atoms with Gasteiger partial charge in [0.1, 0.15) is 35.6 Å². The van der Waals surface area contributed by atoms with Crippen LogP contribution in [0.4, 0.5) is 4.79 Å². The van der Waals surface area contributed by atoms with Gasteiger partial charge in [0.25, 0.3) is 0 Å². The normalized spacial score (nSPS) is 22.8. The highest BCUT2D eigenvalue weighted by atomic mass is 16.6. The molecule has 250 valence electrons. The molecule has 13 heteroatoms. The van der Waals surface area contributed by atoms with Gasteiger partial charge in [-0.1, -0.05) is 32.9 Å². The summed E-state index contributed by atoms with van der Waals surface area (Å²) in [5.74, 6) is -0.815. The molecule has 1 aromatic carbocycles. The van der Waals surface area contributed by atoms with Crippen molar-refractivity contribution in [2.45, 2.75) is 77.8 Å². The van der Waals surface area contributed by atoms with E-state index in [0.29, 0.717) is 17.0 Å². The molecule has 4 atom stereocenters. The lowest BCUT2D eigenvalue weighted by atomic mass is 9.85. The summed E-state index contributed by atoms with van der Waals surface area (Å²) in [7, 11) is 2.82.